The smallest absolute Gasteiger partial charge is 0.326 e. The van der Waals surface area contributed by atoms with E-state index in [9.17, 15) is 9.59 Å². The number of nitrogens with zero attached hydrogens (tertiary/aromatic N) is 1. The molecule has 3 N–H and O–H groups in total. The highest BCUT2D eigenvalue weighted by atomic mass is 16.4. The molecule has 6 heteroatoms. The Labute approximate surface area is 85.9 Å². The summed E-state index contributed by atoms with van der Waals surface area (Å²) in [5.74, 6) is -0.826. The molecule has 0 saturated heterocycles. The monoisotopic (exact) mass is 211 g/mol. The topological polar surface area (TPSA) is 87.1 Å². The number of aromatic amines is 1. The van der Waals surface area contributed by atoms with Gasteiger partial charge in [-0.25, -0.2) is 4.79 Å². The van der Waals surface area contributed by atoms with Crippen molar-refractivity contribution in [1.29, 1.82) is 0 Å². The minimum Gasteiger partial charge on any atom is -0.481 e. The summed E-state index contributed by atoms with van der Waals surface area (Å²) in [6, 6.07) is 0. The molecular weight excluding hydrogens is 198 g/mol. The van der Waals surface area contributed by atoms with Crippen molar-refractivity contribution in [2.24, 2.45) is 0 Å². The molecule has 0 spiro atoms. The van der Waals surface area contributed by atoms with Crippen LogP contribution in [0.1, 0.15) is 24.2 Å². The van der Waals surface area contributed by atoms with Crippen molar-refractivity contribution in [3.63, 3.8) is 0 Å². The number of nitrogens with one attached hydrogen (secondary N) is 2. The van der Waals surface area contributed by atoms with Crippen molar-refractivity contribution < 1.29 is 9.90 Å². The third-order valence-corrected chi connectivity index (χ3v) is 2.54. The van der Waals surface area contributed by atoms with Crippen LogP contribution in [0.5, 0.6) is 0 Å². The molecule has 0 saturated carbocycles. The number of carboxylic acids is 1. The van der Waals surface area contributed by atoms with Crippen molar-refractivity contribution in [2.75, 3.05) is 0 Å². The fraction of sp³-hybridized carbons (Fsp3) is 0.556. The van der Waals surface area contributed by atoms with E-state index in [0.29, 0.717) is 26.1 Å². The summed E-state index contributed by atoms with van der Waals surface area (Å²) in [5.41, 5.74) is 1.76. The standard InChI is InChI=1S/C9H13N3O3/c13-8(14)2-1-3-12-7-5-10-4-6(7)11-9(12)15/h10H,1-5H2,(H,11,15)(H,13,14). The predicted molar refractivity (Wildman–Crippen MR) is 52.5 cm³/mol. The molecule has 2 rings (SSSR count). The lowest BCUT2D eigenvalue weighted by Gasteiger charge is -2.03. The number of aromatic nitrogens is 2. The van der Waals surface area contributed by atoms with Gasteiger partial charge in [0.2, 0.25) is 0 Å². The molecule has 1 aromatic rings. The Balaban J connectivity index is 2.08. The van der Waals surface area contributed by atoms with Gasteiger partial charge in [0.15, 0.2) is 0 Å². The van der Waals surface area contributed by atoms with Crippen molar-refractivity contribution >= 4 is 5.97 Å². The molecule has 15 heavy (non-hydrogen) atoms. The highest BCUT2D eigenvalue weighted by Crippen LogP contribution is 2.11. The molecule has 0 atom stereocenters. The first kappa shape index (κ1) is 9.97. The Hall–Kier alpha value is -1.56. The van der Waals surface area contributed by atoms with Crippen LogP contribution in [0.25, 0.3) is 0 Å². The number of fused-ring (bicyclic) bond motifs is 1. The van der Waals surface area contributed by atoms with Gasteiger partial charge < -0.3 is 15.4 Å². The lowest BCUT2D eigenvalue weighted by Crippen LogP contribution is -2.21. The molecule has 1 aliphatic rings. The molecule has 0 amide bonds. The molecular formula is C9H13N3O3. The van der Waals surface area contributed by atoms with Gasteiger partial charge in [-0.1, -0.05) is 0 Å². The molecule has 0 radical (unpaired) electrons. The van der Waals surface area contributed by atoms with Crippen LogP contribution in [-0.2, 0) is 24.4 Å². The number of rotatable bonds is 4. The Morgan fingerprint density at radius 1 is 1.47 bits per heavy atom. The number of imidazole rings is 1. The van der Waals surface area contributed by atoms with Crippen LogP contribution in [0.2, 0.25) is 0 Å². The van der Waals surface area contributed by atoms with E-state index >= 15 is 0 Å². The lowest BCUT2D eigenvalue weighted by atomic mass is 10.3. The molecule has 6 nitrogen and oxygen atoms in total. The quantitative estimate of drug-likeness (QED) is 0.635. The maximum atomic E-state index is 11.5. The van der Waals surface area contributed by atoms with E-state index in [0.717, 1.165) is 11.4 Å². The minimum atomic E-state index is -0.826. The van der Waals surface area contributed by atoms with Gasteiger partial charge in [-0.2, -0.15) is 0 Å². The van der Waals surface area contributed by atoms with Crippen LogP contribution in [0.4, 0.5) is 0 Å². The number of H-pyrrole nitrogens is 1. The van der Waals surface area contributed by atoms with E-state index in [1.54, 1.807) is 4.57 Å². The second-order valence-electron chi connectivity index (χ2n) is 3.61. The summed E-state index contributed by atoms with van der Waals surface area (Å²) >= 11 is 0. The van der Waals surface area contributed by atoms with Crippen molar-refractivity contribution in [3.8, 4) is 0 Å². The Morgan fingerprint density at radius 3 is 3.00 bits per heavy atom. The van der Waals surface area contributed by atoms with Gasteiger partial charge in [-0.05, 0) is 6.42 Å². The zero-order valence-electron chi connectivity index (χ0n) is 8.25. The van der Waals surface area contributed by atoms with Crippen molar-refractivity contribution in [1.82, 2.24) is 14.9 Å². The lowest BCUT2D eigenvalue weighted by molar-refractivity contribution is -0.137. The highest BCUT2D eigenvalue weighted by molar-refractivity contribution is 5.66. The van der Waals surface area contributed by atoms with E-state index in [1.807, 2.05) is 0 Å². The van der Waals surface area contributed by atoms with Crippen LogP contribution in [0.15, 0.2) is 4.79 Å². The predicted octanol–water partition coefficient (Wildman–Crippen LogP) is -0.356. The fourth-order valence-corrected chi connectivity index (χ4v) is 1.83. The average Bonchev–Trinajstić information content (AvgIpc) is 2.68. The van der Waals surface area contributed by atoms with Crippen LogP contribution in [0, 0.1) is 0 Å². The van der Waals surface area contributed by atoms with Gasteiger partial charge in [0.25, 0.3) is 0 Å². The zero-order valence-corrected chi connectivity index (χ0v) is 8.25. The number of aliphatic carboxylic acids is 1. The molecule has 1 aliphatic heterocycles. The third kappa shape index (κ3) is 1.94. The van der Waals surface area contributed by atoms with E-state index in [4.69, 9.17) is 5.11 Å². The summed E-state index contributed by atoms with van der Waals surface area (Å²) in [4.78, 5) is 24.6. The Morgan fingerprint density at radius 2 is 2.27 bits per heavy atom. The summed E-state index contributed by atoms with van der Waals surface area (Å²) in [5, 5.41) is 11.6. The zero-order chi connectivity index (χ0) is 10.8. The maximum Gasteiger partial charge on any atom is 0.326 e. The second kappa shape index (κ2) is 3.90. The van der Waals surface area contributed by atoms with Gasteiger partial charge in [0.05, 0.1) is 11.4 Å². The van der Waals surface area contributed by atoms with Gasteiger partial charge >= 0.3 is 11.7 Å². The van der Waals surface area contributed by atoms with Crippen LogP contribution in [0.3, 0.4) is 0 Å². The Kier molecular flexibility index (Phi) is 2.59. The first-order valence-corrected chi connectivity index (χ1v) is 4.91. The highest BCUT2D eigenvalue weighted by Gasteiger charge is 2.18. The fourth-order valence-electron chi connectivity index (χ4n) is 1.83. The Bertz CT molecular complexity index is 432. The number of carboxylic acid groups (broad SMARTS) is 1. The number of hydrogen-bond acceptors (Lipinski definition) is 3. The maximum absolute atomic E-state index is 11.5. The van der Waals surface area contributed by atoms with Gasteiger partial charge in [-0.3, -0.25) is 9.36 Å². The van der Waals surface area contributed by atoms with Crippen LogP contribution in [-0.4, -0.2) is 20.6 Å². The van der Waals surface area contributed by atoms with Gasteiger partial charge in [-0.15, -0.1) is 0 Å². The van der Waals surface area contributed by atoms with Crippen molar-refractivity contribution in [2.45, 2.75) is 32.5 Å². The van der Waals surface area contributed by atoms with Crippen LogP contribution < -0.4 is 11.0 Å². The van der Waals surface area contributed by atoms with E-state index in [2.05, 4.69) is 10.3 Å². The molecule has 0 bridgehead atoms. The molecule has 0 unspecified atom stereocenters. The molecule has 0 aromatic carbocycles. The molecule has 2 heterocycles. The van der Waals surface area contributed by atoms with E-state index in [1.165, 1.54) is 0 Å². The van der Waals surface area contributed by atoms with E-state index < -0.39 is 5.97 Å². The van der Waals surface area contributed by atoms with Gasteiger partial charge in [0, 0.05) is 26.1 Å². The summed E-state index contributed by atoms with van der Waals surface area (Å²) in [6.45, 7) is 1.84. The third-order valence-electron chi connectivity index (χ3n) is 2.54. The largest absolute Gasteiger partial charge is 0.481 e. The normalized spacial score (nSPS) is 14.1. The van der Waals surface area contributed by atoms with Gasteiger partial charge in [0.1, 0.15) is 0 Å². The first-order chi connectivity index (χ1) is 7.18. The summed E-state index contributed by atoms with van der Waals surface area (Å²) in [6.07, 6.45) is 0.583. The first-order valence-electron chi connectivity index (χ1n) is 4.91. The molecule has 1 aromatic heterocycles. The number of carbonyl (C=O) groups is 1. The van der Waals surface area contributed by atoms with E-state index in [-0.39, 0.29) is 12.1 Å². The molecule has 82 valence electrons. The molecule has 0 fully saturated rings. The second-order valence-corrected chi connectivity index (χ2v) is 3.61. The average molecular weight is 211 g/mol. The SMILES string of the molecule is O=C(O)CCCn1c2c([nH]c1=O)CNC2. The van der Waals surface area contributed by atoms with Crippen molar-refractivity contribution in [3.05, 3.63) is 21.9 Å². The summed E-state index contributed by atoms with van der Waals surface area (Å²) in [7, 11) is 0. The number of hydrogen-bond donors (Lipinski definition) is 3. The summed E-state index contributed by atoms with van der Waals surface area (Å²) < 4.78 is 1.62. The van der Waals surface area contributed by atoms with Crippen LogP contribution >= 0.6 is 0 Å². The minimum absolute atomic E-state index is 0.0970. The molecule has 0 aliphatic carbocycles.